The van der Waals surface area contributed by atoms with Crippen molar-refractivity contribution in [3.8, 4) is 5.69 Å². The molecular formula is C16H21N5O. The first-order chi connectivity index (χ1) is 10.7. The van der Waals surface area contributed by atoms with Crippen LogP contribution in [0, 0.1) is 6.92 Å². The molecule has 0 radical (unpaired) electrons. The van der Waals surface area contributed by atoms with Gasteiger partial charge in [0.25, 0.3) is 5.91 Å². The SMILES string of the molecule is CNC1CCCN(C(=O)c2ccc(C)cc2-n2nccn2)C1. The number of carbonyl (C=O) groups excluding carboxylic acids is 1. The van der Waals surface area contributed by atoms with E-state index >= 15 is 0 Å². The number of piperidine rings is 1. The number of likely N-dealkylation sites (tertiary alicyclic amines) is 1. The lowest BCUT2D eigenvalue weighted by Gasteiger charge is -2.33. The maximum Gasteiger partial charge on any atom is 0.256 e. The van der Waals surface area contributed by atoms with Crippen molar-refractivity contribution in [3.05, 3.63) is 41.7 Å². The smallest absolute Gasteiger partial charge is 0.256 e. The van der Waals surface area contributed by atoms with Crippen LogP contribution >= 0.6 is 0 Å². The second-order valence-electron chi connectivity index (χ2n) is 5.72. The second-order valence-corrected chi connectivity index (χ2v) is 5.72. The van der Waals surface area contributed by atoms with Crippen molar-refractivity contribution in [1.29, 1.82) is 0 Å². The van der Waals surface area contributed by atoms with Crippen molar-refractivity contribution in [1.82, 2.24) is 25.2 Å². The summed E-state index contributed by atoms with van der Waals surface area (Å²) in [5.74, 6) is 0.0484. The second kappa shape index (κ2) is 6.27. The van der Waals surface area contributed by atoms with E-state index in [0.29, 0.717) is 11.6 Å². The van der Waals surface area contributed by atoms with E-state index in [1.54, 1.807) is 12.4 Å². The van der Waals surface area contributed by atoms with Crippen molar-refractivity contribution < 1.29 is 4.79 Å². The highest BCUT2D eigenvalue weighted by Gasteiger charge is 2.25. The molecule has 0 saturated carbocycles. The lowest BCUT2D eigenvalue weighted by Crippen LogP contribution is -2.47. The molecule has 1 amide bonds. The Morgan fingerprint density at radius 2 is 2.09 bits per heavy atom. The van der Waals surface area contributed by atoms with Gasteiger partial charge in [0.2, 0.25) is 0 Å². The predicted octanol–water partition coefficient (Wildman–Crippen LogP) is 1.40. The van der Waals surface area contributed by atoms with Gasteiger partial charge in [0.05, 0.1) is 23.6 Å². The average Bonchev–Trinajstić information content (AvgIpc) is 3.08. The molecule has 1 aromatic heterocycles. The van der Waals surface area contributed by atoms with E-state index in [9.17, 15) is 4.79 Å². The maximum absolute atomic E-state index is 12.9. The van der Waals surface area contributed by atoms with Crippen LogP contribution in [-0.4, -0.2) is 52.0 Å². The van der Waals surface area contributed by atoms with E-state index in [1.807, 2.05) is 37.1 Å². The summed E-state index contributed by atoms with van der Waals surface area (Å²) in [6.07, 6.45) is 5.38. The maximum atomic E-state index is 12.9. The number of hydrogen-bond acceptors (Lipinski definition) is 4. The van der Waals surface area contributed by atoms with Gasteiger partial charge in [-0.1, -0.05) is 6.07 Å². The van der Waals surface area contributed by atoms with Crippen LogP contribution in [0.1, 0.15) is 28.8 Å². The molecule has 1 fully saturated rings. The largest absolute Gasteiger partial charge is 0.337 e. The summed E-state index contributed by atoms with van der Waals surface area (Å²) >= 11 is 0. The normalized spacial score (nSPS) is 18.5. The van der Waals surface area contributed by atoms with Crippen LogP contribution in [0.15, 0.2) is 30.6 Å². The number of aryl methyl sites for hydroxylation is 1. The molecule has 1 aliphatic heterocycles. The zero-order valence-corrected chi connectivity index (χ0v) is 13.0. The first-order valence-corrected chi connectivity index (χ1v) is 7.63. The van der Waals surface area contributed by atoms with Crippen LogP contribution in [0.5, 0.6) is 0 Å². The van der Waals surface area contributed by atoms with E-state index in [0.717, 1.165) is 37.2 Å². The van der Waals surface area contributed by atoms with E-state index in [4.69, 9.17) is 0 Å². The quantitative estimate of drug-likeness (QED) is 0.930. The predicted molar refractivity (Wildman–Crippen MR) is 84.1 cm³/mol. The van der Waals surface area contributed by atoms with E-state index < -0.39 is 0 Å². The van der Waals surface area contributed by atoms with Crippen molar-refractivity contribution >= 4 is 5.91 Å². The molecule has 1 aromatic carbocycles. The Morgan fingerprint density at radius 3 is 2.82 bits per heavy atom. The Labute approximate surface area is 130 Å². The highest BCUT2D eigenvalue weighted by atomic mass is 16.2. The number of benzene rings is 1. The summed E-state index contributed by atoms with van der Waals surface area (Å²) in [4.78, 5) is 16.4. The Hall–Kier alpha value is -2.21. The molecule has 0 aliphatic carbocycles. The summed E-state index contributed by atoms with van der Waals surface area (Å²) in [5, 5.41) is 11.6. The Bertz CT molecular complexity index is 653. The number of aromatic nitrogens is 3. The van der Waals surface area contributed by atoms with Crippen molar-refractivity contribution in [2.75, 3.05) is 20.1 Å². The molecule has 22 heavy (non-hydrogen) atoms. The number of rotatable bonds is 3. The number of nitrogens with zero attached hydrogens (tertiary/aromatic N) is 4. The molecule has 2 heterocycles. The number of amides is 1. The molecule has 2 aromatic rings. The topological polar surface area (TPSA) is 63.1 Å². The third kappa shape index (κ3) is 2.87. The number of carbonyl (C=O) groups is 1. The van der Waals surface area contributed by atoms with E-state index in [-0.39, 0.29) is 5.91 Å². The molecular weight excluding hydrogens is 278 g/mol. The van der Waals surface area contributed by atoms with Gasteiger partial charge in [-0.25, -0.2) is 0 Å². The Kier molecular flexibility index (Phi) is 4.20. The first kappa shape index (κ1) is 14.7. The minimum atomic E-state index is 0.0484. The van der Waals surface area contributed by atoms with Crippen LogP contribution in [-0.2, 0) is 0 Å². The van der Waals surface area contributed by atoms with Gasteiger partial charge in [-0.2, -0.15) is 15.0 Å². The van der Waals surface area contributed by atoms with Crippen molar-refractivity contribution in [2.24, 2.45) is 0 Å². The van der Waals surface area contributed by atoms with E-state index in [1.165, 1.54) is 4.80 Å². The third-order valence-electron chi connectivity index (χ3n) is 4.13. The van der Waals surface area contributed by atoms with Gasteiger partial charge in [0.15, 0.2) is 0 Å². The van der Waals surface area contributed by atoms with Crippen LogP contribution in [0.25, 0.3) is 5.69 Å². The fourth-order valence-corrected chi connectivity index (χ4v) is 2.90. The number of nitrogens with one attached hydrogen (secondary N) is 1. The highest BCUT2D eigenvalue weighted by molar-refractivity contribution is 5.97. The molecule has 6 heteroatoms. The van der Waals surface area contributed by atoms with Gasteiger partial charge in [-0.3, -0.25) is 4.79 Å². The molecule has 116 valence electrons. The Morgan fingerprint density at radius 1 is 1.32 bits per heavy atom. The molecule has 1 unspecified atom stereocenters. The fraction of sp³-hybridized carbons (Fsp3) is 0.438. The molecule has 6 nitrogen and oxygen atoms in total. The van der Waals surface area contributed by atoms with Crippen LogP contribution < -0.4 is 5.32 Å². The Balaban J connectivity index is 1.92. The lowest BCUT2D eigenvalue weighted by molar-refractivity contribution is 0.0698. The standard InChI is InChI=1S/C16H21N5O/c1-12-5-6-14(15(10-12)21-18-7-8-19-21)16(22)20-9-3-4-13(11-20)17-2/h5-8,10,13,17H,3-4,9,11H2,1-2H3. The van der Waals surface area contributed by atoms with Gasteiger partial charge in [-0.05, 0) is 44.5 Å². The zero-order chi connectivity index (χ0) is 15.5. The van der Waals surface area contributed by atoms with Crippen LogP contribution in [0.2, 0.25) is 0 Å². The molecule has 1 aliphatic rings. The zero-order valence-electron chi connectivity index (χ0n) is 13.0. The molecule has 1 N–H and O–H groups in total. The van der Waals surface area contributed by atoms with Crippen molar-refractivity contribution in [2.45, 2.75) is 25.8 Å². The summed E-state index contributed by atoms with van der Waals surface area (Å²) in [6, 6.07) is 6.15. The summed E-state index contributed by atoms with van der Waals surface area (Å²) in [7, 11) is 1.95. The number of likely N-dealkylation sites (N-methyl/N-ethyl adjacent to an activating group) is 1. The molecule has 0 bridgehead atoms. The average molecular weight is 299 g/mol. The van der Waals surface area contributed by atoms with Crippen LogP contribution in [0.4, 0.5) is 0 Å². The number of hydrogen-bond donors (Lipinski definition) is 1. The van der Waals surface area contributed by atoms with Gasteiger partial charge in [0.1, 0.15) is 0 Å². The van der Waals surface area contributed by atoms with Gasteiger partial charge in [0, 0.05) is 19.1 Å². The van der Waals surface area contributed by atoms with E-state index in [2.05, 4.69) is 15.5 Å². The van der Waals surface area contributed by atoms with Crippen LogP contribution in [0.3, 0.4) is 0 Å². The molecule has 0 spiro atoms. The first-order valence-electron chi connectivity index (χ1n) is 7.63. The highest BCUT2D eigenvalue weighted by Crippen LogP contribution is 2.20. The lowest BCUT2D eigenvalue weighted by atomic mass is 10.0. The van der Waals surface area contributed by atoms with Crippen molar-refractivity contribution in [3.63, 3.8) is 0 Å². The molecule has 1 atom stereocenters. The summed E-state index contributed by atoms with van der Waals surface area (Å²) in [6.45, 7) is 3.55. The fourth-order valence-electron chi connectivity index (χ4n) is 2.90. The minimum Gasteiger partial charge on any atom is -0.337 e. The summed E-state index contributed by atoms with van der Waals surface area (Å²) in [5.41, 5.74) is 2.47. The van der Waals surface area contributed by atoms with Gasteiger partial charge in [-0.15, -0.1) is 0 Å². The van der Waals surface area contributed by atoms with Gasteiger partial charge < -0.3 is 10.2 Å². The third-order valence-corrected chi connectivity index (χ3v) is 4.13. The minimum absolute atomic E-state index is 0.0484. The summed E-state index contributed by atoms with van der Waals surface area (Å²) < 4.78 is 0. The molecule has 3 rings (SSSR count). The van der Waals surface area contributed by atoms with Gasteiger partial charge >= 0.3 is 0 Å². The monoisotopic (exact) mass is 299 g/mol. The molecule has 1 saturated heterocycles.